The van der Waals surface area contributed by atoms with Gasteiger partial charge in [0.15, 0.2) is 5.79 Å². The summed E-state index contributed by atoms with van der Waals surface area (Å²) in [6, 6.07) is 0. The van der Waals surface area contributed by atoms with Crippen molar-refractivity contribution in [3.05, 3.63) is 48.6 Å². The first-order valence-corrected chi connectivity index (χ1v) is 20.1. The molecule has 1 rings (SSSR count). The fourth-order valence-electron chi connectivity index (χ4n) is 6.47. The Hall–Kier alpha value is -1.16. The van der Waals surface area contributed by atoms with E-state index < -0.39 is 0 Å². The van der Waals surface area contributed by atoms with Crippen LogP contribution in [0.3, 0.4) is 0 Å². The second-order valence-electron chi connectivity index (χ2n) is 15.1. The van der Waals surface area contributed by atoms with Crippen LogP contribution in [-0.4, -0.2) is 50.7 Å². The van der Waals surface area contributed by atoms with E-state index >= 15 is 0 Å². The molecule has 0 aliphatic carbocycles. The third-order valence-corrected chi connectivity index (χ3v) is 9.18. The molecule has 0 N–H and O–H groups in total. The first-order valence-electron chi connectivity index (χ1n) is 20.1. The van der Waals surface area contributed by atoms with Crippen LogP contribution in [0.4, 0.5) is 0 Å². The van der Waals surface area contributed by atoms with Gasteiger partial charge in [0.1, 0.15) is 12.6 Å². The van der Waals surface area contributed by atoms with Gasteiger partial charge >= 0.3 is 0 Å². The van der Waals surface area contributed by atoms with Gasteiger partial charge in [0.2, 0.25) is 0 Å². The third-order valence-electron chi connectivity index (χ3n) is 9.18. The largest absolute Gasteiger partial charge is 0.347 e. The predicted molar refractivity (Wildman–Crippen MR) is 204 cm³/mol. The molecule has 1 fully saturated rings. The topological polar surface area (TPSA) is 18.5 Å². The van der Waals surface area contributed by atoms with Crippen molar-refractivity contribution in [1.29, 1.82) is 0 Å². The van der Waals surface area contributed by atoms with Crippen LogP contribution in [0.2, 0.25) is 0 Å². The summed E-state index contributed by atoms with van der Waals surface area (Å²) in [5, 5.41) is 0. The summed E-state index contributed by atoms with van der Waals surface area (Å²) in [7, 11) is 6.77. The molecule has 1 aliphatic rings. The summed E-state index contributed by atoms with van der Waals surface area (Å²) in [6.45, 7) is 6.32. The standard InChI is InChI=1S/C43H80NO2/c1-6-8-10-12-14-16-18-20-22-24-26-28-30-32-34-36-38-43(45-41-42(46-43)40-44(3,4)5)39-37-35-33-31-29-27-25-23-21-19-17-15-13-11-9-7-2/h14-17,20-23,42H,6-13,18-19,24-41H2,1-5H3/q+1. The molecule has 3 nitrogen and oxygen atoms in total. The Balaban J connectivity index is 2.18. The number of ether oxygens (including phenoxy) is 2. The summed E-state index contributed by atoms with van der Waals surface area (Å²) in [5.74, 6) is -0.329. The molecular formula is C43H80NO2+. The van der Waals surface area contributed by atoms with Crippen LogP contribution in [-0.2, 0) is 9.47 Å². The van der Waals surface area contributed by atoms with Crippen molar-refractivity contribution >= 4 is 0 Å². The van der Waals surface area contributed by atoms with Crippen molar-refractivity contribution in [2.45, 2.75) is 193 Å². The molecule has 0 bridgehead atoms. The van der Waals surface area contributed by atoms with Gasteiger partial charge in [-0.3, -0.25) is 0 Å². The summed E-state index contributed by atoms with van der Waals surface area (Å²) in [5.41, 5.74) is 0. The quantitative estimate of drug-likeness (QED) is 0.0413. The van der Waals surface area contributed by atoms with E-state index in [2.05, 4.69) is 83.6 Å². The number of unbranched alkanes of at least 4 members (excludes halogenated alkanes) is 18. The first-order chi connectivity index (χ1) is 22.4. The molecule has 0 aromatic heterocycles. The number of quaternary nitrogens is 1. The Morgan fingerprint density at radius 2 is 0.870 bits per heavy atom. The summed E-state index contributed by atoms with van der Waals surface area (Å²) < 4.78 is 14.1. The Labute approximate surface area is 288 Å². The van der Waals surface area contributed by atoms with E-state index in [1.165, 1.54) is 141 Å². The van der Waals surface area contributed by atoms with Crippen LogP contribution in [0.1, 0.15) is 181 Å². The van der Waals surface area contributed by atoms with E-state index in [9.17, 15) is 0 Å². The summed E-state index contributed by atoms with van der Waals surface area (Å²) in [4.78, 5) is 0. The highest BCUT2D eigenvalue weighted by Crippen LogP contribution is 2.35. The van der Waals surface area contributed by atoms with Gasteiger partial charge < -0.3 is 14.0 Å². The smallest absolute Gasteiger partial charge is 0.169 e. The molecule has 0 radical (unpaired) electrons. The maximum atomic E-state index is 6.71. The zero-order chi connectivity index (χ0) is 33.4. The Morgan fingerprint density at radius 1 is 0.500 bits per heavy atom. The molecule has 1 aliphatic heterocycles. The fraction of sp³-hybridized carbons (Fsp3) is 0.814. The van der Waals surface area contributed by atoms with E-state index in [0.29, 0.717) is 0 Å². The molecule has 1 heterocycles. The van der Waals surface area contributed by atoms with Crippen LogP contribution >= 0.6 is 0 Å². The van der Waals surface area contributed by atoms with Crippen molar-refractivity contribution < 1.29 is 14.0 Å². The van der Waals surface area contributed by atoms with Gasteiger partial charge in [0.25, 0.3) is 0 Å². The second-order valence-corrected chi connectivity index (χ2v) is 15.1. The highest BCUT2D eigenvalue weighted by molar-refractivity contribution is 4.93. The zero-order valence-corrected chi connectivity index (χ0v) is 31.8. The van der Waals surface area contributed by atoms with Gasteiger partial charge in [-0.15, -0.1) is 0 Å². The minimum absolute atomic E-state index is 0.231. The molecule has 0 spiro atoms. The Morgan fingerprint density at radius 3 is 1.26 bits per heavy atom. The number of rotatable bonds is 32. The van der Waals surface area contributed by atoms with Gasteiger partial charge in [-0.05, 0) is 77.0 Å². The average Bonchev–Trinajstić information content (AvgIpc) is 3.41. The maximum absolute atomic E-state index is 6.71. The monoisotopic (exact) mass is 643 g/mol. The van der Waals surface area contributed by atoms with Gasteiger partial charge in [0, 0.05) is 12.8 Å². The van der Waals surface area contributed by atoms with Gasteiger partial charge in [-0.25, -0.2) is 0 Å². The predicted octanol–water partition coefficient (Wildman–Crippen LogP) is 13.2. The minimum Gasteiger partial charge on any atom is -0.347 e. The molecule has 3 heteroatoms. The lowest BCUT2D eigenvalue weighted by atomic mass is 9.98. The molecule has 0 aromatic rings. The van der Waals surface area contributed by atoms with Gasteiger partial charge in [0.05, 0.1) is 27.7 Å². The molecule has 46 heavy (non-hydrogen) atoms. The van der Waals surface area contributed by atoms with Crippen molar-refractivity contribution in [1.82, 2.24) is 0 Å². The van der Waals surface area contributed by atoms with Crippen molar-refractivity contribution in [2.24, 2.45) is 0 Å². The highest BCUT2D eigenvalue weighted by Gasteiger charge is 2.42. The minimum atomic E-state index is -0.329. The van der Waals surface area contributed by atoms with E-state index in [0.717, 1.165) is 43.3 Å². The molecule has 1 atom stereocenters. The second kappa shape index (κ2) is 29.9. The number of hydrogen-bond acceptors (Lipinski definition) is 2. The van der Waals surface area contributed by atoms with Crippen molar-refractivity contribution in [2.75, 3.05) is 34.3 Å². The number of likely N-dealkylation sites (N-methyl/N-ethyl adjacent to an activating group) is 1. The molecule has 1 unspecified atom stereocenters. The molecular weight excluding hydrogens is 562 g/mol. The van der Waals surface area contributed by atoms with Crippen molar-refractivity contribution in [3.8, 4) is 0 Å². The number of allylic oxidation sites excluding steroid dienone is 8. The third kappa shape index (κ3) is 26.9. The van der Waals surface area contributed by atoms with Gasteiger partial charge in [-0.2, -0.15) is 0 Å². The molecule has 0 saturated carbocycles. The zero-order valence-electron chi connectivity index (χ0n) is 31.8. The highest BCUT2D eigenvalue weighted by atomic mass is 16.7. The molecule has 0 amide bonds. The Kier molecular flexibility index (Phi) is 27.9. The van der Waals surface area contributed by atoms with Crippen LogP contribution in [0, 0.1) is 0 Å². The van der Waals surface area contributed by atoms with Crippen LogP contribution in [0.15, 0.2) is 48.6 Å². The molecule has 0 aromatic carbocycles. The van der Waals surface area contributed by atoms with E-state index in [-0.39, 0.29) is 11.9 Å². The van der Waals surface area contributed by atoms with E-state index in [4.69, 9.17) is 9.47 Å². The normalized spacial score (nSPS) is 19.3. The SMILES string of the molecule is CCCCCC=CCC=CCCCCCCCCC1(CCCCCCCCC=CCC=CCCCCC)OCC(C[N+](C)(C)C)O1. The summed E-state index contributed by atoms with van der Waals surface area (Å²) >= 11 is 0. The van der Waals surface area contributed by atoms with Crippen LogP contribution < -0.4 is 0 Å². The average molecular weight is 643 g/mol. The van der Waals surface area contributed by atoms with E-state index in [1.54, 1.807) is 0 Å². The molecule has 268 valence electrons. The number of nitrogens with zero attached hydrogens (tertiary/aromatic N) is 1. The lowest BCUT2D eigenvalue weighted by Crippen LogP contribution is -2.43. The Bertz CT molecular complexity index is 726. The van der Waals surface area contributed by atoms with Crippen molar-refractivity contribution in [3.63, 3.8) is 0 Å². The number of hydrogen-bond donors (Lipinski definition) is 0. The van der Waals surface area contributed by atoms with Gasteiger partial charge in [-0.1, -0.05) is 140 Å². The first kappa shape index (κ1) is 42.9. The van der Waals surface area contributed by atoms with Crippen LogP contribution in [0.5, 0.6) is 0 Å². The van der Waals surface area contributed by atoms with E-state index in [1.807, 2.05) is 0 Å². The maximum Gasteiger partial charge on any atom is 0.169 e. The van der Waals surface area contributed by atoms with Crippen LogP contribution in [0.25, 0.3) is 0 Å². The lowest BCUT2D eigenvalue weighted by Gasteiger charge is -2.30. The fourth-order valence-corrected chi connectivity index (χ4v) is 6.47. The lowest BCUT2D eigenvalue weighted by molar-refractivity contribution is -0.873. The molecule has 1 saturated heterocycles. The summed E-state index contributed by atoms with van der Waals surface area (Å²) in [6.07, 6.45) is 52.2.